The minimum absolute atomic E-state index is 0.0886. The fourth-order valence-corrected chi connectivity index (χ4v) is 5.29. The van der Waals surface area contributed by atoms with Crippen molar-refractivity contribution in [2.45, 2.75) is 38.8 Å². The van der Waals surface area contributed by atoms with Crippen molar-refractivity contribution >= 4 is 40.2 Å². The van der Waals surface area contributed by atoms with Crippen LogP contribution in [0.25, 0.3) is 10.4 Å². The maximum atomic E-state index is 13.3. The highest BCUT2D eigenvalue weighted by atomic mass is 35.5. The standard InChI is InChI=1S/C25H26ClN3O5S/c1-14-21(34-25(2,3)33-14)13-32-19-10-9-17(11-20(19)31-4)29-24(30)23-18(27-28-29)12-22(35-23)15-5-7-16(26)8-6-15/h5-12,14,21,27-28H,13H2,1-4H3/t14-,21-/m1/s1. The number of anilines is 2. The molecular weight excluding hydrogens is 490 g/mol. The van der Waals surface area contributed by atoms with Crippen LogP contribution in [0.1, 0.15) is 30.4 Å². The first kappa shape index (κ1) is 23.9. The summed E-state index contributed by atoms with van der Waals surface area (Å²) in [7, 11) is 1.56. The molecule has 3 aromatic rings. The van der Waals surface area contributed by atoms with E-state index in [1.54, 1.807) is 25.3 Å². The van der Waals surface area contributed by atoms with Gasteiger partial charge < -0.3 is 24.4 Å². The molecule has 0 spiro atoms. The SMILES string of the molecule is COc1cc(N2NNc3cc(-c4ccc(Cl)cc4)sc3C2=O)ccc1OC[C@H]1OC(C)(C)O[C@@H]1C. The monoisotopic (exact) mass is 515 g/mol. The molecule has 2 atom stereocenters. The Kier molecular flexibility index (Phi) is 6.37. The van der Waals surface area contributed by atoms with E-state index in [-0.39, 0.29) is 18.1 Å². The zero-order valence-electron chi connectivity index (χ0n) is 19.8. The first-order chi connectivity index (χ1) is 16.7. The number of hydrogen-bond acceptors (Lipinski definition) is 8. The Bertz CT molecular complexity index is 1250. The molecule has 2 aliphatic heterocycles. The molecule has 1 fully saturated rings. The van der Waals surface area contributed by atoms with Crippen molar-refractivity contribution in [2.24, 2.45) is 0 Å². The molecule has 0 aliphatic carbocycles. The van der Waals surface area contributed by atoms with Gasteiger partial charge in [-0.15, -0.1) is 16.9 Å². The van der Waals surface area contributed by atoms with Crippen molar-refractivity contribution < 1.29 is 23.7 Å². The van der Waals surface area contributed by atoms with E-state index in [0.29, 0.717) is 33.7 Å². The van der Waals surface area contributed by atoms with Gasteiger partial charge in [0.05, 0.1) is 24.6 Å². The molecule has 2 aromatic carbocycles. The number of rotatable bonds is 6. The minimum atomic E-state index is -0.636. The molecule has 1 saturated heterocycles. The lowest BCUT2D eigenvalue weighted by molar-refractivity contribution is -0.147. The van der Waals surface area contributed by atoms with Crippen molar-refractivity contribution in [3.05, 3.63) is 58.4 Å². The highest BCUT2D eigenvalue weighted by Crippen LogP contribution is 2.39. The number of thiophene rings is 1. The third-order valence-corrected chi connectivity index (χ3v) is 7.22. The first-order valence-electron chi connectivity index (χ1n) is 11.2. The van der Waals surface area contributed by atoms with E-state index in [4.69, 9.17) is 30.5 Å². The Morgan fingerprint density at radius 2 is 1.89 bits per heavy atom. The van der Waals surface area contributed by atoms with Gasteiger partial charge in [-0.25, -0.2) is 5.01 Å². The molecule has 0 saturated carbocycles. The van der Waals surface area contributed by atoms with E-state index < -0.39 is 5.79 Å². The summed E-state index contributed by atoms with van der Waals surface area (Å²) in [5, 5.41) is 2.11. The Morgan fingerprint density at radius 3 is 2.57 bits per heavy atom. The zero-order chi connectivity index (χ0) is 24.7. The minimum Gasteiger partial charge on any atom is -0.493 e. The summed E-state index contributed by atoms with van der Waals surface area (Å²) in [5.41, 5.74) is 8.40. The number of methoxy groups -OCH3 is 1. The first-order valence-corrected chi connectivity index (χ1v) is 12.4. The Balaban J connectivity index is 1.32. The molecule has 0 radical (unpaired) electrons. The number of nitrogens with one attached hydrogen (secondary N) is 2. The van der Waals surface area contributed by atoms with Crippen molar-refractivity contribution in [3.8, 4) is 21.9 Å². The van der Waals surface area contributed by atoms with Gasteiger partial charge in [0, 0.05) is 16.0 Å². The van der Waals surface area contributed by atoms with Crippen LogP contribution in [0, 0.1) is 0 Å². The molecule has 2 aliphatic rings. The molecule has 3 heterocycles. The maximum Gasteiger partial charge on any atom is 0.286 e. The van der Waals surface area contributed by atoms with Crippen LogP contribution in [0.15, 0.2) is 48.5 Å². The van der Waals surface area contributed by atoms with Gasteiger partial charge in [-0.1, -0.05) is 23.7 Å². The summed E-state index contributed by atoms with van der Waals surface area (Å²) in [6.07, 6.45) is -0.287. The molecule has 1 amide bonds. The largest absolute Gasteiger partial charge is 0.493 e. The fraction of sp³-hybridized carbons (Fsp3) is 0.320. The van der Waals surface area contributed by atoms with Gasteiger partial charge in [0.15, 0.2) is 17.3 Å². The topological polar surface area (TPSA) is 81.3 Å². The summed E-state index contributed by atoms with van der Waals surface area (Å²) in [5.74, 6) is 0.243. The van der Waals surface area contributed by atoms with E-state index in [1.165, 1.54) is 16.3 Å². The number of ether oxygens (including phenoxy) is 4. The lowest BCUT2D eigenvalue weighted by Gasteiger charge is -2.28. The molecular formula is C25H26ClN3O5S. The quantitative estimate of drug-likeness (QED) is 0.449. The molecule has 1 aromatic heterocycles. The van der Waals surface area contributed by atoms with Crippen molar-refractivity contribution in [1.29, 1.82) is 0 Å². The highest BCUT2D eigenvalue weighted by molar-refractivity contribution is 7.18. The fourth-order valence-electron chi connectivity index (χ4n) is 4.12. The highest BCUT2D eigenvalue weighted by Gasteiger charge is 2.39. The molecule has 35 heavy (non-hydrogen) atoms. The summed E-state index contributed by atoms with van der Waals surface area (Å²) < 4.78 is 23.2. The Morgan fingerprint density at radius 1 is 1.11 bits per heavy atom. The van der Waals surface area contributed by atoms with Gasteiger partial charge in [-0.3, -0.25) is 4.79 Å². The predicted molar refractivity (Wildman–Crippen MR) is 136 cm³/mol. The Hall–Kier alpha value is -2.82. The molecule has 10 heteroatoms. The smallest absolute Gasteiger partial charge is 0.286 e. The normalized spacial score (nSPS) is 20.9. The van der Waals surface area contributed by atoms with Crippen LogP contribution >= 0.6 is 22.9 Å². The maximum absolute atomic E-state index is 13.3. The number of carbonyl (C=O) groups is 1. The number of halogens is 1. The van der Waals surface area contributed by atoms with Crippen LogP contribution < -0.4 is 25.4 Å². The van der Waals surface area contributed by atoms with Crippen LogP contribution in [-0.4, -0.2) is 37.6 Å². The van der Waals surface area contributed by atoms with Crippen LogP contribution in [0.4, 0.5) is 11.4 Å². The van der Waals surface area contributed by atoms with Crippen LogP contribution in [0.2, 0.25) is 5.02 Å². The average molecular weight is 516 g/mol. The summed E-state index contributed by atoms with van der Waals surface area (Å²) in [6.45, 7) is 6.04. The van der Waals surface area contributed by atoms with E-state index in [0.717, 1.165) is 16.1 Å². The number of hydrogen-bond donors (Lipinski definition) is 2. The van der Waals surface area contributed by atoms with E-state index in [9.17, 15) is 4.79 Å². The zero-order valence-corrected chi connectivity index (χ0v) is 21.3. The third kappa shape index (κ3) is 4.82. The molecule has 2 N–H and O–H groups in total. The van der Waals surface area contributed by atoms with Crippen LogP contribution in [-0.2, 0) is 9.47 Å². The number of fused-ring (bicyclic) bond motifs is 1. The van der Waals surface area contributed by atoms with Gasteiger partial charge in [-0.2, -0.15) is 0 Å². The molecule has 184 valence electrons. The van der Waals surface area contributed by atoms with Gasteiger partial charge in [0.1, 0.15) is 17.6 Å². The lowest BCUT2D eigenvalue weighted by atomic mass is 10.2. The number of amides is 1. The van der Waals surface area contributed by atoms with E-state index in [2.05, 4.69) is 11.0 Å². The summed E-state index contributed by atoms with van der Waals surface area (Å²) in [6, 6.07) is 14.8. The van der Waals surface area contributed by atoms with Crippen molar-refractivity contribution in [2.75, 3.05) is 24.2 Å². The van der Waals surface area contributed by atoms with Gasteiger partial charge in [0.25, 0.3) is 5.91 Å². The molecule has 0 bridgehead atoms. The third-order valence-electron chi connectivity index (χ3n) is 5.80. The van der Waals surface area contributed by atoms with Crippen molar-refractivity contribution in [1.82, 2.24) is 5.53 Å². The molecule has 8 nitrogen and oxygen atoms in total. The average Bonchev–Trinajstić information content (AvgIpc) is 3.38. The number of carbonyl (C=O) groups excluding carboxylic acids is 1. The van der Waals surface area contributed by atoms with Gasteiger partial charge in [0.2, 0.25) is 0 Å². The number of benzene rings is 2. The second-order valence-corrected chi connectivity index (χ2v) is 10.3. The van der Waals surface area contributed by atoms with E-state index in [1.807, 2.05) is 51.1 Å². The second kappa shape index (κ2) is 9.33. The van der Waals surface area contributed by atoms with Crippen LogP contribution in [0.5, 0.6) is 11.5 Å². The van der Waals surface area contributed by atoms with Gasteiger partial charge >= 0.3 is 0 Å². The summed E-state index contributed by atoms with van der Waals surface area (Å²) >= 11 is 7.42. The second-order valence-electron chi connectivity index (χ2n) is 8.76. The Labute approximate surface area is 212 Å². The summed E-state index contributed by atoms with van der Waals surface area (Å²) in [4.78, 5) is 14.9. The molecule has 5 rings (SSSR count). The predicted octanol–water partition coefficient (Wildman–Crippen LogP) is 5.49. The van der Waals surface area contributed by atoms with Gasteiger partial charge in [-0.05, 0) is 56.7 Å². The van der Waals surface area contributed by atoms with E-state index >= 15 is 0 Å². The number of nitrogens with zero attached hydrogens (tertiary/aromatic N) is 1. The molecule has 0 unspecified atom stereocenters. The lowest BCUT2D eigenvalue weighted by Crippen LogP contribution is -2.49. The number of hydrazine groups is 2. The van der Waals surface area contributed by atoms with Crippen LogP contribution in [0.3, 0.4) is 0 Å². The van der Waals surface area contributed by atoms with Crippen molar-refractivity contribution in [3.63, 3.8) is 0 Å².